The molecule has 1 aromatic rings. The number of aryl methyl sites for hydroxylation is 1. The standard InChI is InChI=1S/C14H21Cl/c1-6-11-7-12(9(2)3)14(15)13(8-11)10(4)5/h7-10H,6H2,1-5H3. The summed E-state index contributed by atoms with van der Waals surface area (Å²) in [7, 11) is 0. The Hall–Kier alpha value is -0.490. The van der Waals surface area contributed by atoms with Crippen molar-refractivity contribution in [3.8, 4) is 0 Å². The van der Waals surface area contributed by atoms with E-state index in [1.54, 1.807) is 0 Å². The molecule has 0 saturated heterocycles. The molecule has 1 aromatic carbocycles. The molecular formula is C14H21Cl. The molecule has 84 valence electrons. The summed E-state index contributed by atoms with van der Waals surface area (Å²) in [6.07, 6.45) is 1.08. The van der Waals surface area contributed by atoms with Crippen LogP contribution in [0.25, 0.3) is 0 Å². The number of hydrogen-bond acceptors (Lipinski definition) is 0. The molecule has 0 N–H and O–H groups in total. The van der Waals surface area contributed by atoms with Gasteiger partial charge >= 0.3 is 0 Å². The van der Waals surface area contributed by atoms with E-state index in [1.807, 2.05) is 0 Å². The smallest absolute Gasteiger partial charge is 0.0475 e. The molecule has 0 radical (unpaired) electrons. The van der Waals surface area contributed by atoms with Gasteiger partial charge in [0.05, 0.1) is 0 Å². The van der Waals surface area contributed by atoms with E-state index in [0.717, 1.165) is 11.4 Å². The van der Waals surface area contributed by atoms with Crippen LogP contribution in [-0.4, -0.2) is 0 Å². The molecule has 0 atom stereocenters. The fraction of sp³-hybridized carbons (Fsp3) is 0.571. The first-order valence-corrected chi connectivity index (χ1v) is 6.17. The molecule has 0 fully saturated rings. The molecular weight excluding hydrogens is 204 g/mol. The molecule has 0 unspecified atom stereocenters. The third-order valence-electron chi connectivity index (χ3n) is 2.84. The molecule has 1 rings (SSSR count). The van der Waals surface area contributed by atoms with E-state index in [-0.39, 0.29) is 0 Å². The number of rotatable bonds is 3. The summed E-state index contributed by atoms with van der Waals surface area (Å²) in [5, 5.41) is 0.970. The van der Waals surface area contributed by atoms with Crippen molar-refractivity contribution in [2.45, 2.75) is 52.9 Å². The first-order valence-electron chi connectivity index (χ1n) is 5.79. The second-order valence-corrected chi connectivity index (χ2v) is 5.13. The average Bonchev–Trinajstić information content (AvgIpc) is 2.17. The van der Waals surface area contributed by atoms with Crippen molar-refractivity contribution in [2.24, 2.45) is 0 Å². The Morgan fingerprint density at radius 1 is 1.00 bits per heavy atom. The van der Waals surface area contributed by atoms with E-state index in [2.05, 4.69) is 46.8 Å². The second kappa shape index (κ2) is 5.03. The Morgan fingerprint density at radius 3 is 1.67 bits per heavy atom. The normalized spacial score (nSPS) is 11.5. The van der Waals surface area contributed by atoms with Gasteiger partial charge in [-0.3, -0.25) is 0 Å². The molecule has 0 amide bonds. The van der Waals surface area contributed by atoms with Gasteiger partial charge in [0.15, 0.2) is 0 Å². The van der Waals surface area contributed by atoms with Crippen LogP contribution in [0.15, 0.2) is 12.1 Å². The van der Waals surface area contributed by atoms with E-state index in [0.29, 0.717) is 11.8 Å². The monoisotopic (exact) mass is 224 g/mol. The number of benzene rings is 1. The van der Waals surface area contributed by atoms with E-state index in [9.17, 15) is 0 Å². The van der Waals surface area contributed by atoms with Crippen LogP contribution in [0.4, 0.5) is 0 Å². The van der Waals surface area contributed by atoms with Crippen LogP contribution in [0.3, 0.4) is 0 Å². The first kappa shape index (κ1) is 12.6. The number of halogens is 1. The average molecular weight is 225 g/mol. The molecule has 0 aliphatic carbocycles. The Kier molecular flexibility index (Phi) is 4.21. The lowest BCUT2D eigenvalue weighted by molar-refractivity contribution is 0.828. The zero-order chi connectivity index (χ0) is 11.6. The molecule has 0 nitrogen and oxygen atoms in total. The summed E-state index contributed by atoms with van der Waals surface area (Å²) in [6.45, 7) is 11.0. The van der Waals surface area contributed by atoms with Crippen LogP contribution in [-0.2, 0) is 6.42 Å². The third kappa shape index (κ3) is 2.75. The summed E-state index contributed by atoms with van der Waals surface area (Å²) < 4.78 is 0. The van der Waals surface area contributed by atoms with Crippen molar-refractivity contribution < 1.29 is 0 Å². The number of hydrogen-bond donors (Lipinski definition) is 0. The maximum atomic E-state index is 6.43. The van der Waals surface area contributed by atoms with Crippen LogP contribution in [0.5, 0.6) is 0 Å². The summed E-state index contributed by atoms with van der Waals surface area (Å²) in [5.41, 5.74) is 3.98. The molecule has 0 bridgehead atoms. The van der Waals surface area contributed by atoms with Gasteiger partial charge in [0.2, 0.25) is 0 Å². The van der Waals surface area contributed by atoms with Crippen LogP contribution >= 0.6 is 11.6 Å². The van der Waals surface area contributed by atoms with Gasteiger partial charge in [0.25, 0.3) is 0 Å². The van der Waals surface area contributed by atoms with Gasteiger partial charge in [-0.2, -0.15) is 0 Å². The molecule has 0 heterocycles. The minimum Gasteiger partial charge on any atom is -0.0837 e. The molecule has 0 aliphatic heterocycles. The zero-order valence-corrected chi connectivity index (χ0v) is 11.2. The molecule has 0 aliphatic rings. The lowest BCUT2D eigenvalue weighted by Gasteiger charge is -2.17. The minimum atomic E-state index is 0.501. The summed E-state index contributed by atoms with van der Waals surface area (Å²) in [6, 6.07) is 4.50. The van der Waals surface area contributed by atoms with E-state index in [4.69, 9.17) is 11.6 Å². The zero-order valence-electron chi connectivity index (χ0n) is 10.4. The molecule has 0 spiro atoms. The van der Waals surface area contributed by atoms with Crippen LogP contribution < -0.4 is 0 Å². The molecule has 1 heteroatoms. The van der Waals surface area contributed by atoms with Crippen molar-refractivity contribution in [1.82, 2.24) is 0 Å². The van der Waals surface area contributed by atoms with E-state index >= 15 is 0 Å². The van der Waals surface area contributed by atoms with Gasteiger partial charge in [-0.1, -0.05) is 58.4 Å². The lowest BCUT2D eigenvalue weighted by atomic mass is 9.92. The molecule has 0 saturated carbocycles. The maximum absolute atomic E-state index is 6.43. The van der Waals surface area contributed by atoms with Crippen LogP contribution in [0, 0.1) is 0 Å². The topological polar surface area (TPSA) is 0 Å². The quantitative estimate of drug-likeness (QED) is 0.666. The molecule has 15 heavy (non-hydrogen) atoms. The van der Waals surface area contributed by atoms with Gasteiger partial charge in [0, 0.05) is 5.02 Å². The van der Waals surface area contributed by atoms with Crippen molar-refractivity contribution in [3.05, 3.63) is 33.8 Å². The van der Waals surface area contributed by atoms with Gasteiger partial charge in [0.1, 0.15) is 0 Å². The highest BCUT2D eigenvalue weighted by molar-refractivity contribution is 6.32. The Bertz CT molecular complexity index is 308. The Balaban J connectivity index is 3.33. The fourth-order valence-electron chi connectivity index (χ4n) is 1.78. The van der Waals surface area contributed by atoms with Gasteiger partial charge in [-0.25, -0.2) is 0 Å². The van der Waals surface area contributed by atoms with Crippen LogP contribution in [0.2, 0.25) is 5.02 Å². The molecule has 0 aromatic heterocycles. The Labute approximate surface area is 98.7 Å². The summed E-state index contributed by atoms with van der Waals surface area (Å²) in [4.78, 5) is 0. The highest BCUT2D eigenvalue weighted by atomic mass is 35.5. The maximum Gasteiger partial charge on any atom is 0.0475 e. The van der Waals surface area contributed by atoms with Crippen LogP contribution in [0.1, 0.15) is 63.1 Å². The van der Waals surface area contributed by atoms with Gasteiger partial charge in [-0.05, 0) is 34.9 Å². The van der Waals surface area contributed by atoms with Crippen molar-refractivity contribution in [2.75, 3.05) is 0 Å². The highest BCUT2D eigenvalue weighted by Gasteiger charge is 2.13. The fourth-order valence-corrected chi connectivity index (χ4v) is 2.32. The van der Waals surface area contributed by atoms with Gasteiger partial charge < -0.3 is 0 Å². The van der Waals surface area contributed by atoms with E-state index in [1.165, 1.54) is 16.7 Å². The largest absolute Gasteiger partial charge is 0.0837 e. The van der Waals surface area contributed by atoms with Crippen molar-refractivity contribution in [3.63, 3.8) is 0 Å². The SMILES string of the molecule is CCc1cc(C(C)C)c(Cl)c(C(C)C)c1. The second-order valence-electron chi connectivity index (χ2n) is 4.75. The third-order valence-corrected chi connectivity index (χ3v) is 3.28. The highest BCUT2D eigenvalue weighted by Crippen LogP contribution is 2.33. The Morgan fingerprint density at radius 2 is 1.40 bits per heavy atom. The van der Waals surface area contributed by atoms with Gasteiger partial charge in [-0.15, -0.1) is 0 Å². The predicted molar refractivity (Wildman–Crippen MR) is 69.0 cm³/mol. The summed E-state index contributed by atoms with van der Waals surface area (Å²) in [5.74, 6) is 1.00. The van der Waals surface area contributed by atoms with Crippen molar-refractivity contribution >= 4 is 11.6 Å². The predicted octanol–water partition coefficient (Wildman–Crippen LogP) is 5.15. The lowest BCUT2D eigenvalue weighted by Crippen LogP contribution is -1.98. The minimum absolute atomic E-state index is 0.501. The summed E-state index contributed by atoms with van der Waals surface area (Å²) >= 11 is 6.43. The first-order chi connectivity index (χ1) is 6.97. The van der Waals surface area contributed by atoms with E-state index < -0.39 is 0 Å². The van der Waals surface area contributed by atoms with Crippen molar-refractivity contribution in [1.29, 1.82) is 0 Å².